The van der Waals surface area contributed by atoms with Gasteiger partial charge in [-0.25, -0.2) is 0 Å². The highest BCUT2D eigenvalue weighted by Gasteiger charge is 2.16. The molecule has 6 heteroatoms. The smallest absolute Gasteiger partial charge is 0.251 e. The first-order valence-corrected chi connectivity index (χ1v) is 7.76. The van der Waals surface area contributed by atoms with Crippen LogP contribution in [0, 0.1) is 13.8 Å². The number of anilines is 1. The van der Waals surface area contributed by atoms with Crippen LogP contribution in [-0.4, -0.2) is 31.4 Å². The Bertz CT molecular complexity index is 688. The summed E-state index contributed by atoms with van der Waals surface area (Å²) in [6, 6.07) is 13.9. The van der Waals surface area contributed by atoms with E-state index in [9.17, 15) is 4.79 Å². The second-order valence-corrected chi connectivity index (χ2v) is 6.17. The molecule has 2 aromatic carbocycles. The topological polar surface area (TPSA) is 58.4 Å². The molecule has 0 bridgehead atoms. The molecule has 0 aliphatic rings. The van der Waals surface area contributed by atoms with E-state index in [0.29, 0.717) is 17.8 Å². The van der Waals surface area contributed by atoms with Gasteiger partial charge in [-0.2, -0.15) is 0 Å². The van der Waals surface area contributed by atoms with Crippen molar-refractivity contribution in [1.29, 1.82) is 0 Å². The summed E-state index contributed by atoms with van der Waals surface area (Å²) in [4.78, 5) is 14.6. The SMILES string of the molecule is Cc1ccc(C(CNC(=O)c2cc(N)ccc2C)N(C)C)cc1.Cl.Cl. The Hall–Kier alpha value is -1.75. The van der Waals surface area contributed by atoms with Gasteiger partial charge >= 0.3 is 0 Å². The number of carbonyl (C=O) groups excluding carboxylic acids is 1. The molecule has 4 nitrogen and oxygen atoms in total. The molecule has 0 saturated heterocycles. The fourth-order valence-electron chi connectivity index (χ4n) is 2.56. The van der Waals surface area contributed by atoms with E-state index in [2.05, 4.69) is 41.4 Å². The Morgan fingerprint density at radius 1 is 1.08 bits per heavy atom. The van der Waals surface area contributed by atoms with Crippen molar-refractivity contribution in [3.8, 4) is 0 Å². The summed E-state index contributed by atoms with van der Waals surface area (Å²) in [6.45, 7) is 4.53. The molecular formula is C19H27Cl2N3O. The number of carbonyl (C=O) groups is 1. The molecular weight excluding hydrogens is 357 g/mol. The van der Waals surface area contributed by atoms with Gasteiger partial charge in [-0.1, -0.05) is 35.9 Å². The van der Waals surface area contributed by atoms with E-state index in [-0.39, 0.29) is 36.8 Å². The number of hydrogen-bond acceptors (Lipinski definition) is 3. The van der Waals surface area contributed by atoms with Gasteiger partial charge in [-0.05, 0) is 51.2 Å². The molecule has 0 aliphatic heterocycles. The summed E-state index contributed by atoms with van der Waals surface area (Å²) in [5.41, 5.74) is 10.4. The summed E-state index contributed by atoms with van der Waals surface area (Å²) in [6.07, 6.45) is 0. The molecule has 25 heavy (non-hydrogen) atoms. The van der Waals surface area contributed by atoms with Gasteiger partial charge in [0.1, 0.15) is 0 Å². The lowest BCUT2D eigenvalue weighted by atomic mass is 10.0. The minimum absolute atomic E-state index is 0. The fourth-order valence-corrected chi connectivity index (χ4v) is 2.56. The molecule has 1 unspecified atom stereocenters. The largest absolute Gasteiger partial charge is 0.399 e. The molecule has 2 aromatic rings. The molecule has 3 N–H and O–H groups in total. The third-order valence-electron chi connectivity index (χ3n) is 4.05. The van der Waals surface area contributed by atoms with Gasteiger partial charge in [-0.15, -0.1) is 24.8 Å². The number of nitrogen functional groups attached to an aromatic ring is 1. The minimum Gasteiger partial charge on any atom is -0.399 e. The van der Waals surface area contributed by atoms with Crippen molar-refractivity contribution in [1.82, 2.24) is 10.2 Å². The highest BCUT2D eigenvalue weighted by atomic mass is 35.5. The number of hydrogen-bond donors (Lipinski definition) is 2. The molecule has 0 aromatic heterocycles. The molecule has 0 fully saturated rings. The molecule has 0 aliphatic carbocycles. The number of nitrogens with two attached hydrogens (primary N) is 1. The van der Waals surface area contributed by atoms with E-state index in [1.54, 1.807) is 12.1 Å². The Morgan fingerprint density at radius 2 is 1.68 bits per heavy atom. The lowest BCUT2D eigenvalue weighted by molar-refractivity contribution is 0.0941. The first-order chi connectivity index (χ1) is 10.9. The molecule has 138 valence electrons. The fraction of sp³-hybridized carbons (Fsp3) is 0.316. The number of rotatable bonds is 5. The van der Waals surface area contributed by atoms with Crippen LogP contribution in [0.4, 0.5) is 5.69 Å². The third-order valence-corrected chi connectivity index (χ3v) is 4.05. The van der Waals surface area contributed by atoms with Gasteiger partial charge in [0.05, 0.1) is 6.04 Å². The Labute approximate surface area is 162 Å². The monoisotopic (exact) mass is 383 g/mol. The standard InChI is InChI=1S/C19H25N3O.2ClH/c1-13-5-8-15(9-6-13)18(22(3)4)12-21-19(23)17-11-16(20)10-7-14(17)2;;/h5-11,18H,12,20H2,1-4H3,(H,21,23);2*1H. The van der Waals surface area contributed by atoms with Gasteiger partial charge in [0.2, 0.25) is 0 Å². The van der Waals surface area contributed by atoms with E-state index in [4.69, 9.17) is 5.73 Å². The maximum atomic E-state index is 12.4. The zero-order chi connectivity index (χ0) is 17.0. The van der Waals surface area contributed by atoms with Crippen LogP contribution in [-0.2, 0) is 0 Å². The molecule has 0 heterocycles. The predicted octanol–water partition coefficient (Wildman–Crippen LogP) is 3.76. The Balaban J connectivity index is 0.00000288. The van der Waals surface area contributed by atoms with Crippen LogP contribution in [0.1, 0.15) is 33.1 Å². The van der Waals surface area contributed by atoms with Gasteiger partial charge in [-0.3, -0.25) is 4.79 Å². The van der Waals surface area contributed by atoms with Crippen molar-refractivity contribution in [2.24, 2.45) is 0 Å². The van der Waals surface area contributed by atoms with Crippen molar-refractivity contribution in [3.05, 3.63) is 64.7 Å². The van der Waals surface area contributed by atoms with Crippen LogP contribution in [0.2, 0.25) is 0 Å². The van der Waals surface area contributed by atoms with E-state index >= 15 is 0 Å². The average molecular weight is 384 g/mol. The molecule has 2 rings (SSSR count). The van der Waals surface area contributed by atoms with E-state index in [1.165, 1.54) is 11.1 Å². The van der Waals surface area contributed by atoms with E-state index < -0.39 is 0 Å². The average Bonchev–Trinajstić information content (AvgIpc) is 2.51. The summed E-state index contributed by atoms with van der Waals surface area (Å²) in [5.74, 6) is -0.0891. The molecule has 0 saturated carbocycles. The lowest BCUT2D eigenvalue weighted by Crippen LogP contribution is -2.34. The van der Waals surface area contributed by atoms with Gasteiger partial charge in [0, 0.05) is 17.8 Å². The number of aryl methyl sites for hydroxylation is 2. The van der Waals surface area contributed by atoms with Crippen LogP contribution >= 0.6 is 24.8 Å². The van der Waals surface area contributed by atoms with Gasteiger partial charge in [0.15, 0.2) is 0 Å². The summed E-state index contributed by atoms with van der Waals surface area (Å²) in [5, 5.41) is 3.03. The Morgan fingerprint density at radius 3 is 2.24 bits per heavy atom. The maximum Gasteiger partial charge on any atom is 0.251 e. The second kappa shape index (κ2) is 10.3. The summed E-state index contributed by atoms with van der Waals surface area (Å²) >= 11 is 0. The highest BCUT2D eigenvalue weighted by Crippen LogP contribution is 2.19. The van der Waals surface area contributed by atoms with E-state index in [1.807, 2.05) is 27.1 Å². The lowest BCUT2D eigenvalue weighted by Gasteiger charge is -2.25. The van der Waals surface area contributed by atoms with Crippen molar-refractivity contribution in [2.45, 2.75) is 19.9 Å². The van der Waals surface area contributed by atoms with Gasteiger partial charge < -0.3 is 16.0 Å². The summed E-state index contributed by atoms with van der Waals surface area (Å²) < 4.78 is 0. The van der Waals surface area contributed by atoms with Crippen LogP contribution < -0.4 is 11.1 Å². The maximum absolute atomic E-state index is 12.4. The molecule has 0 spiro atoms. The van der Waals surface area contributed by atoms with Gasteiger partial charge in [0.25, 0.3) is 5.91 Å². The number of benzene rings is 2. The number of nitrogens with one attached hydrogen (secondary N) is 1. The van der Waals surface area contributed by atoms with Crippen LogP contribution in [0.3, 0.4) is 0 Å². The number of halogens is 2. The van der Waals surface area contributed by atoms with Crippen LogP contribution in [0.25, 0.3) is 0 Å². The summed E-state index contributed by atoms with van der Waals surface area (Å²) in [7, 11) is 4.03. The molecule has 1 atom stereocenters. The third kappa shape index (κ3) is 6.24. The highest BCUT2D eigenvalue weighted by molar-refractivity contribution is 5.96. The zero-order valence-electron chi connectivity index (χ0n) is 15.1. The van der Waals surface area contributed by atoms with Crippen molar-refractivity contribution in [2.75, 3.05) is 26.4 Å². The van der Waals surface area contributed by atoms with E-state index in [0.717, 1.165) is 5.56 Å². The minimum atomic E-state index is -0.0891. The Kier molecular flexibility index (Phi) is 9.57. The first-order valence-electron chi connectivity index (χ1n) is 7.76. The molecule has 0 radical (unpaired) electrons. The quantitative estimate of drug-likeness (QED) is 0.772. The normalized spacial score (nSPS) is 11.2. The number of likely N-dealkylation sites (N-methyl/N-ethyl adjacent to an activating group) is 1. The van der Waals surface area contributed by atoms with Crippen molar-refractivity contribution in [3.63, 3.8) is 0 Å². The zero-order valence-corrected chi connectivity index (χ0v) is 16.7. The van der Waals surface area contributed by atoms with Crippen molar-refractivity contribution < 1.29 is 4.79 Å². The first kappa shape index (κ1) is 23.2. The predicted molar refractivity (Wildman–Crippen MR) is 110 cm³/mol. The van der Waals surface area contributed by atoms with Crippen molar-refractivity contribution >= 4 is 36.4 Å². The van der Waals surface area contributed by atoms with Crippen LogP contribution in [0.15, 0.2) is 42.5 Å². The second-order valence-electron chi connectivity index (χ2n) is 6.17. The molecule has 1 amide bonds. The number of amides is 1. The van der Waals surface area contributed by atoms with Crippen LogP contribution in [0.5, 0.6) is 0 Å². The number of nitrogens with zero attached hydrogens (tertiary/aromatic N) is 1.